The van der Waals surface area contributed by atoms with Crippen molar-refractivity contribution in [2.75, 3.05) is 13.1 Å². The average molecular weight is 733 g/mol. The maximum atomic E-state index is 6.50. The van der Waals surface area contributed by atoms with E-state index in [0.717, 1.165) is 32.2 Å². The fourth-order valence-electron chi connectivity index (χ4n) is 10.7. The van der Waals surface area contributed by atoms with Crippen molar-refractivity contribution < 1.29 is 0 Å². The van der Waals surface area contributed by atoms with Gasteiger partial charge in [0.15, 0.2) is 0 Å². The fraction of sp³-hybridized carbons (Fsp3) is 0.472. The molecule has 0 bridgehead atoms. The molecule has 0 aromatic carbocycles. The number of nitrogens with one attached hydrogen (secondary N) is 1. The number of hydrogen-bond acceptors (Lipinski definition) is 2. The van der Waals surface area contributed by atoms with Gasteiger partial charge >= 0.3 is 0 Å². The van der Waals surface area contributed by atoms with Crippen LogP contribution in [-0.2, 0) is 0 Å². The van der Waals surface area contributed by atoms with Crippen molar-refractivity contribution >= 4 is 0 Å². The van der Waals surface area contributed by atoms with Crippen LogP contribution in [0.2, 0.25) is 0 Å². The molecular weight excluding hydrogens is 665 g/mol. The molecule has 0 aromatic heterocycles. The first kappa shape index (κ1) is 39.4. The molecule has 6 atom stereocenters. The lowest BCUT2D eigenvalue weighted by atomic mass is 9.66. The molecule has 0 saturated heterocycles. The molecular formula is C53H68N2. The van der Waals surface area contributed by atoms with Crippen LogP contribution in [0.25, 0.3) is 0 Å². The lowest BCUT2D eigenvalue weighted by molar-refractivity contribution is 0.341. The summed E-state index contributed by atoms with van der Waals surface area (Å²) in [6.07, 6.45) is 59.5. The van der Waals surface area contributed by atoms with Gasteiger partial charge in [0, 0.05) is 24.7 Å². The van der Waals surface area contributed by atoms with Crippen LogP contribution in [0.4, 0.5) is 0 Å². The average Bonchev–Trinajstić information content (AvgIpc) is 3.23. The molecule has 7 aliphatic carbocycles. The Morgan fingerprint density at radius 1 is 0.891 bits per heavy atom. The summed E-state index contributed by atoms with van der Waals surface area (Å²) in [6, 6.07) is 0. The highest BCUT2D eigenvalue weighted by molar-refractivity contribution is 5.57. The second-order valence-electron chi connectivity index (χ2n) is 17.1. The van der Waals surface area contributed by atoms with E-state index in [2.05, 4.69) is 135 Å². The van der Waals surface area contributed by atoms with Crippen molar-refractivity contribution in [3.63, 3.8) is 0 Å². The standard InChI is InChI=1S/C53H68N2/c1-4-6-17-39(16-5-2)18-15-22-43(36-54)48-33-32-46(49-24-11-12-26-51(48)49)38(3)28-29-44(37-55-45-31-30-40-19-7-8-20-41(40)34-45)53-35-42-21-9-10-23-47(42)50-25-13-14-27-52(50)53/h4,6,8,10,12-13,15,17-18,20,22-23,25-26,28,30-31,34,40-41,44,46,49,53,55H,5,7,9,11,14,16,19,21,24,27,29,32-33,35-37,54H2,1-3H3/b6-4-,18-15+,38-28+,39-17+,43-22+/t40?,41?,44?,46?,49?,53-/m0/s1. The monoisotopic (exact) mass is 733 g/mol. The van der Waals surface area contributed by atoms with E-state index in [1.807, 2.05) is 0 Å². The van der Waals surface area contributed by atoms with Crippen molar-refractivity contribution in [1.29, 1.82) is 0 Å². The highest BCUT2D eigenvalue weighted by atomic mass is 14.9. The van der Waals surface area contributed by atoms with Gasteiger partial charge in [-0.1, -0.05) is 133 Å². The molecule has 0 aromatic rings. The summed E-state index contributed by atoms with van der Waals surface area (Å²) in [6.45, 7) is 8.41. The van der Waals surface area contributed by atoms with Gasteiger partial charge in [-0.05, 0) is 166 Å². The summed E-state index contributed by atoms with van der Waals surface area (Å²) < 4.78 is 0. The van der Waals surface area contributed by atoms with Crippen LogP contribution in [0.5, 0.6) is 0 Å². The van der Waals surface area contributed by atoms with Crippen LogP contribution in [0.1, 0.15) is 111 Å². The lowest BCUT2D eigenvalue weighted by Crippen LogP contribution is -2.32. The maximum absolute atomic E-state index is 6.50. The van der Waals surface area contributed by atoms with Crippen LogP contribution in [0, 0.1) is 35.5 Å². The molecule has 290 valence electrons. The van der Waals surface area contributed by atoms with Crippen molar-refractivity contribution in [2.24, 2.45) is 41.2 Å². The van der Waals surface area contributed by atoms with Gasteiger partial charge in [0.25, 0.3) is 0 Å². The van der Waals surface area contributed by atoms with E-state index in [4.69, 9.17) is 5.73 Å². The third-order valence-electron chi connectivity index (χ3n) is 13.7. The maximum Gasteiger partial charge on any atom is 0.0302 e. The first-order valence-electron chi connectivity index (χ1n) is 22.1. The van der Waals surface area contributed by atoms with Gasteiger partial charge in [-0.2, -0.15) is 0 Å². The van der Waals surface area contributed by atoms with E-state index in [9.17, 15) is 0 Å². The Labute approximate surface area is 334 Å². The minimum absolute atomic E-state index is 0.545. The molecule has 0 saturated carbocycles. The summed E-state index contributed by atoms with van der Waals surface area (Å²) in [4.78, 5) is 0. The van der Waals surface area contributed by atoms with E-state index in [1.165, 1.54) is 86.6 Å². The molecule has 0 heterocycles. The number of allylic oxidation sites excluding steroid dienone is 25. The van der Waals surface area contributed by atoms with Crippen molar-refractivity contribution in [3.05, 3.63) is 165 Å². The largest absolute Gasteiger partial charge is 0.385 e. The molecule has 0 aliphatic heterocycles. The Bertz CT molecular complexity index is 1850. The second kappa shape index (κ2) is 19.3. The lowest BCUT2D eigenvalue weighted by Gasteiger charge is -2.39. The molecule has 55 heavy (non-hydrogen) atoms. The highest BCUT2D eigenvalue weighted by Gasteiger charge is 2.36. The van der Waals surface area contributed by atoms with Gasteiger partial charge in [-0.3, -0.25) is 0 Å². The predicted molar refractivity (Wildman–Crippen MR) is 237 cm³/mol. The third-order valence-corrected chi connectivity index (χ3v) is 13.7. The molecule has 0 amide bonds. The number of hydrogen-bond donors (Lipinski definition) is 2. The van der Waals surface area contributed by atoms with E-state index in [0.29, 0.717) is 42.1 Å². The molecule has 0 fully saturated rings. The molecule has 0 spiro atoms. The minimum atomic E-state index is 0.545. The SMILES string of the molecule is C\C=C/C=C(/C=C/C=C(\CN)C1=C2C=CCCC2C(/C(C)=C/CC(CNC2=CC3C=CCCC3C=C2)[C@@H]2CC3=C(C=CCC3)C3=C2CCC=C3)CC1)CCC. The molecule has 7 aliphatic rings. The summed E-state index contributed by atoms with van der Waals surface area (Å²) in [5.74, 6) is 3.54. The molecule has 7 rings (SSSR count). The van der Waals surface area contributed by atoms with E-state index in [1.54, 1.807) is 33.4 Å². The van der Waals surface area contributed by atoms with Crippen molar-refractivity contribution in [1.82, 2.24) is 5.32 Å². The Morgan fingerprint density at radius 2 is 1.73 bits per heavy atom. The second-order valence-corrected chi connectivity index (χ2v) is 17.1. The zero-order valence-corrected chi connectivity index (χ0v) is 34.2. The third kappa shape index (κ3) is 9.40. The summed E-state index contributed by atoms with van der Waals surface area (Å²) >= 11 is 0. The van der Waals surface area contributed by atoms with Gasteiger partial charge in [-0.25, -0.2) is 0 Å². The Kier molecular flexibility index (Phi) is 13.8. The summed E-state index contributed by atoms with van der Waals surface area (Å²) in [5.41, 5.74) is 21.7. The van der Waals surface area contributed by atoms with Gasteiger partial charge in [-0.15, -0.1) is 0 Å². The van der Waals surface area contributed by atoms with Crippen molar-refractivity contribution in [3.8, 4) is 0 Å². The molecule has 2 heteroatoms. The Balaban J connectivity index is 1.13. The van der Waals surface area contributed by atoms with Crippen LogP contribution in [0.3, 0.4) is 0 Å². The van der Waals surface area contributed by atoms with E-state index < -0.39 is 0 Å². The van der Waals surface area contributed by atoms with Crippen LogP contribution < -0.4 is 11.1 Å². The summed E-state index contributed by atoms with van der Waals surface area (Å²) in [7, 11) is 0. The van der Waals surface area contributed by atoms with Gasteiger partial charge < -0.3 is 11.1 Å². The number of rotatable bonds is 14. The number of nitrogens with two attached hydrogens (primary N) is 1. The van der Waals surface area contributed by atoms with Crippen LogP contribution >= 0.6 is 0 Å². The zero-order chi connectivity index (χ0) is 38.0. The number of fused-ring (bicyclic) bond motifs is 3. The topological polar surface area (TPSA) is 38.0 Å². The minimum Gasteiger partial charge on any atom is -0.385 e. The zero-order valence-electron chi connectivity index (χ0n) is 34.2. The molecule has 3 N–H and O–H groups in total. The van der Waals surface area contributed by atoms with E-state index in [-0.39, 0.29) is 0 Å². The Hall–Kier alpha value is -3.88. The van der Waals surface area contributed by atoms with Gasteiger partial charge in [0.05, 0.1) is 0 Å². The first-order chi connectivity index (χ1) is 27.1. The molecule has 5 unspecified atom stereocenters. The van der Waals surface area contributed by atoms with Gasteiger partial charge in [0.1, 0.15) is 0 Å². The molecule has 2 nitrogen and oxygen atoms in total. The Morgan fingerprint density at radius 3 is 2.58 bits per heavy atom. The smallest absolute Gasteiger partial charge is 0.0302 e. The van der Waals surface area contributed by atoms with Crippen LogP contribution in [0.15, 0.2) is 165 Å². The first-order valence-corrected chi connectivity index (χ1v) is 22.1. The fourth-order valence-corrected chi connectivity index (χ4v) is 10.7. The van der Waals surface area contributed by atoms with Crippen LogP contribution in [-0.4, -0.2) is 13.1 Å². The highest BCUT2D eigenvalue weighted by Crippen LogP contribution is 2.48. The van der Waals surface area contributed by atoms with Gasteiger partial charge in [0.2, 0.25) is 0 Å². The molecule has 0 radical (unpaired) electrons. The predicted octanol–water partition coefficient (Wildman–Crippen LogP) is 13.3. The van der Waals surface area contributed by atoms with E-state index >= 15 is 0 Å². The summed E-state index contributed by atoms with van der Waals surface area (Å²) in [5, 5.41) is 4.03. The normalized spacial score (nSPS) is 28.8. The quantitative estimate of drug-likeness (QED) is 0.138. The van der Waals surface area contributed by atoms with Crippen molar-refractivity contribution in [2.45, 2.75) is 111 Å².